The van der Waals surface area contributed by atoms with Crippen molar-refractivity contribution in [2.24, 2.45) is 0 Å². The van der Waals surface area contributed by atoms with Gasteiger partial charge in [0.05, 0.1) is 17.9 Å². The first-order chi connectivity index (χ1) is 15.8. The lowest BCUT2D eigenvalue weighted by Crippen LogP contribution is -2.07. The van der Waals surface area contributed by atoms with Crippen LogP contribution in [0.2, 0.25) is 0 Å². The Bertz CT molecular complexity index is 1060. The molecule has 0 aliphatic carbocycles. The van der Waals surface area contributed by atoms with E-state index in [9.17, 15) is 18.0 Å². The fourth-order valence-electron chi connectivity index (χ4n) is 3.32. The Morgan fingerprint density at radius 1 is 1.06 bits per heavy atom. The van der Waals surface area contributed by atoms with Crippen molar-refractivity contribution in [1.29, 1.82) is 0 Å². The molecule has 33 heavy (non-hydrogen) atoms. The van der Waals surface area contributed by atoms with Crippen LogP contribution >= 0.6 is 0 Å². The maximum atomic E-state index is 12.8. The highest BCUT2D eigenvalue weighted by atomic mass is 19.4. The van der Waals surface area contributed by atoms with Crippen LogP contribution in [-0.4, -0.2) is 27.3 Å². The zero-order chi connectivity index (χ0) is 23.8. The van der Waals surface area contributed by atoms with E-state index in [0.717, 1.165) is 55.6 Å². The number of unbranched alkanes of at least 4 members (excludes halogenated alkanes) is 1. The molecule has 3 rings (SSSR count). The first kappa shape index (κ1) is 24.3. The molecule has 0 amide bonds. The van der Waals surface area contributed by atoms with Gasteiger partial charge in [0.25, 0.3) is 0 Å². The van der Waals surface area contributed by atoms with E-state index in [2.05, 4.69) is 10.1 Å². The summed E-state index contributed by atoms with van der Waals surface area (Å²) in [5, 5.41) is 4.54. The van der Waals surface area contributed by atoms with Gasteiger partial charge in [0.1, 0.15) is 0 Å². The van der Waals surface area contributed by atoms with Crippen molar-refractivity contribution in [3.63, 3.8) is 0 Å². The van der Waals surface area contributed by atoms with Gasteiger partial charge in [-0.3, -0.25) is 4.79 Å². The summed E-state index contributed by atoms with van der Waals surface area (Å²) in [7, 11) is 0. The number of pyridine rings is 1. The van der Waals surface area contributed by atoms with Crippen molar-refractivity contribution in [3.8, 4) is 17.3 Å². The van der Waals surface area contributed by atoms with Crippen molar-refractivity contribution in [2.45, 2.75) is 52.1 Å². The molecule has 0 spiro atoms. The van der Waals surface area contributed by atoms with Crippen molar-refractivity contribution < 1.29 is 27.4 Å². The summed E-state index contributed by atoms with van der Waals surface area (Å²) in [5.74, 6) is 0.840. The van der Waals surface area contributed by atoms with Gasteiger partial charge < -0.3 is 9.47 Å². The molecule has 6 nitrogen and oxygen atoms in total. The Hall–Kier alpha value is -3.36. The largest absolute Gasteiger partial charge is 0.490 e. The molecule has 0 aliphatic rings. The van der Waals surface area contributed by atoms with Gasteiger partial charge in [0, 0.05) is 19.3 Å². The van der Waals surface area contributed by atoms with Gasteiger partial charge in [0.15, 0.2) is 17.3 Å². The van der Waals surface area contributed by atoms with E-state index < -0.39 is 17.7 Å². The van der Waals surface area contributed by atoms with E-state index in [1.165, 1.54) is 17.7 Å². The average Bonchev–Trinajstić information content (AvgIpc) is 3.17. The van der Waals surface area contributed by atoms with Gasteiger partial charge in [-0.25, -0.2) is 9.67 Å². The predicted octanol–water partition coefficient (Wildman–Crippen LogP) is 5.57. The second-order valence-corrected chi connectivity index (χ2v) is 7.54. The van der Waals surface area contributed by atoms with E-state index in [1.807, 2.05) is 19.2 Å². The fraction of sp³-hybridized carbons (Fsp3) is 0.375. The molecule has 2 heterocycles. The molecule has 176 valence electrons. The molecular weight excluding hydrogens is 435 g/mol. The van der Waals surface area contributed by atoms with Crippen LogP contribution < -0.4 is 9.47 Å². The molecule has 0 bridgehead atoms. The predicted molar refractivity (Wildman–Crippen MR) is 117 cm³/mol. The van der Waals surface area contributed by atoms with Crippen LogP contribution in [0, 0.1) is 0 Å². The zero-order valence-corrected chi connectivity index (χ0v) is 18.6. The van der Waals surface area contributed by atoms with Gasteiger partial charge in [-0.1, -0.05) is 25.5 Å². The molecule has 0 saturated heterocycles. The minimum absolute atomic E-state index is 0.344. The highest BCUT2D eigenvalue weighted by Crippen LogP contribution is 2.29. The smallest absolute Gasteiger partial charge is 0.417 e. The minimum atomic E-state index is -4.42. The monoisotopic (exact) mass is 461 g/mol. The first-order valence-corrected chi connectivity index (χ1v) is 10.8. The SMILES string of the molecule is CCCc1nn(-c2ccc(C(F)(F)F)cn2)cc1CCCCOc1ccccc1OC(C)=O. The number of carbonyl (C=O) groups excluding carboxylic acids is 1. The number of hydrogen-bond donors (Lipinski definition) is 0. The lowest BCUT2D eigenvalue weighted by Gasteiger charge is -2.10. The lowest BCUT2D eigenvalue weighted by atomic mass is 10.1. The number of halogens is 3. The molecule has 3 aromatic rings. The number of para-hydroxylation sites is 2. The Labute approximate surface area is 190 Å². The Morgan fingerprint density at radius 3 is 2.45 bits per heavy atom. The normalized spacial score (nSPS) is 11.4. The standard InChI is InChI=1S/C24H26F3N3O3/c1-3-8-20-18(16-30(29-20)23-13-12-19(15-28-23)24(25,26)27)9-6-7-14-32-21-10-4-5-11-22(21)33-17(2)31/h4-5,10-13,15-16H,3,6-9,14H2,1-2H3. The number of hydrogen-bond acceptors (Lipinski definition) is 5. The molecule has 0 unspecified atom stereocenters. The van der Waals surface area contributed by atoms with Crippen LogP contribution in [-0.2, 0) is 23.8 Å². The third-order valence-corrected chi connectivity index (χ3v) is 4.87. The van der Waals surface area contributed by atoms with Gasteiger partial charge >= 0.3 is 12.1 Å². The summed E-state index contributed by atoms with van der Waals surface area (Å²) in [4.78, 5) is 15.1. The van der Waals surface area contributed by atoms with E-state index in [0.29, 0.717) is 23.9 Å². The van der Waals surface area contributed by atoms with Crippen LogP contribution in [0.1, 0.15) is 49.9 Å². The maximum absolute atomic E-state index is 12.8. The van der Waals surface area contributed by atoms with E-state index >= 15 is 0 Å². The molecule has 2 aromatic heterocycles. The second kappa shape index (κ2) is 11.0. The third kappa shape index (κ3) is 6.81. The van der Waals surface area contributed by atoms with Crippen LogP contribution in [0.4, 0.5) is 13.2 Å². The highest BCUT2D eigenvalue weighted by molar-refractivity contribution is 5.70. The van der Waals surface area contributed by atoms with Crippen molar-refractivity contribution in [3.05, 3.63) is 65.6 Å². The summed E-state index contributed by atoms with van der Waals surface area (Å²) in [5.41, 5.74) is 1.17. The molecule has 0 saturated carbocycles. The first-order valence-electron chi connectivity index (χ1n) is 10.8. The topological polar surface area (TPSA) is 66.2 Å². The number of esters is 1. The number of benzene rings is 1. The second-order valence-electron chi connectivity index (χ2n) is 7.54. The number of nitrogens with zero attached hydrogens (tertiary/aromatic N) is 3. The quantitative estimate of drug-likeness (QED) is 0.225. The number of aromatic nitrogens is 3. The third-order valence-electron chi connectivity index (χ3n) is 4.87. The van der Waals surface area contributed by atoms with E-state index in [-0.39, 0.29) is 0 Å². The van der Waals surface area contributed by atoms with Crippen LogP contribution in [0.25, 0.3) is 5.82 Å². The average molecular weight is 461 g/mol. The van der Waals surface area contributed by atoms with Crippen molar-refractivity contribution >= 4 is 5.97 Å². The van der Waals surface area contributed by atoms with Gasteiger partial charge in [-0.05, 0) is 55.5 Å². The molecule has 0 atom stereocenters. The molecule has 1 aromatic carbocycles. The molecule has 0 radical (unpaired) electrons. The van der Waals surface area contributed by atoms with Gasteiger partial charge in [-0.15, -0.1) is 0 Å². The summed E-state index contributed by atoms with van der Waals surface area (Å²) in [6, 6.07) is 9.33. The van der Waals surface area contributed by atoms with Crippen LogP contribution in [0.5, 0.6) is 11.5 Å². The summed E-state index contributed by atoms with van der Waals surface area (Å²) in [6.07, 6.45) is 2.26. The molecular formula is C24H26F3N3O3. The summed E-state index contributed by atoms with van der Waals surface area (Å²) < 4.78 is 50.8. The summed E-state index contributed by atoms with van der Waals surface area (Å²) >= 11 is 0. The number of alkyl halides is 3. The minimum Gasteiger partial charge on any atom is -0.490 e. The van der Waals surface area contributed by atoms with Gasteiger partial charge in [-0.2, -0.15) is 18.3 Å². The van der Waals surface area contributed by atoms with Crippen LogP contribution in [0.15, 0.2) is 48.8 Å². The molecule has 0 N–H and O–H groups in total. The number of rotatable bonds is 10. The lowest BCUT2D eigenvalue weighted by molar-refractivity contribution is -0.138. The number of carbonyl (C=O) groups is 1. The fourth-order valence-corrected chi connectivity index (χ4v) is 3.32. The van der Waals surface area contributed by atoms with Crippen LogP contribution in [0.3, 0.4) is 0 Å². The Kier molecular flexibility index (Phi) is 8.08. The molecule has 0 fully saturated rings. The van der Waals surface area contributed by atoms with E-state index in [4.69, 9.17) is 9.47 Å². The molecule has 9 heteroatoms. The Morgan fingerprint density at radius 2 is 1.82 bits per heavy atom. The molecule has 0 aliphatic heterocycles. The maximum Gasteiger partial charge on any atom is 0.417 e. The summed E-state index contributed by atoms with van der Waals surface area (Å²) in [6.45, 7) is 3.84. The van der Waals surface area contributed by atoms with Crippen molar-refractivity contribution in [1.82, 2.24) is 14.8 Å². The number of aryl methyl sites for hydroxylation is 2. The Balaban J connectivity index is 1.59. The number of ether oxygens (including phenoxy) is 2. The highest BCUT2D eigenvalue weighted by Gasteiger charge is 2.30. The van der Waals surface area contributed by atoms with Gasteiger partial charge in [0.2, 0.25) is 0 Å². The van der Waals surface area contributed by atoms with Crippen molar-refractivity contribution in [2.75, 3.05) is 6.61 Å². The van der Waals surface area contributed by atoms with E-state index in [1.54, 1.807) is 18.2 Å². The zero-order valence-electron chi connectivity index (χ0n) is 18.6.